The summed E-state index contributed by atoms with van der Waals surface area (Å²) in [6.45, 7) is 0. The molecule has 1 unspecified atom stereocenters. The maximum Gasteiger partial charge on any atom is 0.413 e. The second-order valence-corrected chi connectivity index (χ2v) is 3.78. The topological polar surface area (TPSA) is 38.3 Å². The van der Waals surface area contributed by atoms with Crippen molar-refractivity contribution in [1.29, 1.82) is 0 Å². The number of hydrogen-bond donors (Lipinski definition) is 1. The van der Waals surface area contributed by atoms with Crippen molar-refractivity contribution in [3.8, 4) is 12.3 Å². The number of nitrogens with one attached hydrogen (secondary N) is 1. The molecule has 0 saturated carbocycles. The number of alkyl halides is 1. The molecule has 0 spiro atoms. The lowest BCUT2D eigenvalue weighted by Gasteiger charge is -2.09. The van der Waals surface area contributed by atoms with Gasteiger partial charge in [-0.1, -0.05) is 29.3 Å². The Labute approximate surface area is 104 Å². The van der Waals surface area contributed by atoms with Gasteiger partial charge < -0.3 is 4.74 Å². The summed E-state index contributed by atoms with van der Waals surface area (Å²) in [5.74, 6) is 2.29. The number of halogens is 2. The van der Waals surface area contributed by atoms with Crippen molar-refractivity contribution < 1.29 is 9.53 Å². The van der Waals surface area contributed by atoms with Crippen LogP contribution in [0.2, 0.25) is 5.02 Å². The highest BCUT2D eigenvalue weighted by Gasteiger charge is 2.09. The summed E-state index contributed by atoms with van der Waals surface area (Å²) >= 11 is 11.4. The van der Waals surface area contributed by atoms with Crippen molar-refractivity contribution in [3.05, 3.63) is 29.3 Å². The van der Waals surface area contributed by atoms with E-state index >= 15 is 0 Å². The molecule has 0 aliphatic carbocycles. The van der Waals surface area contributed by atoms with E-state index in [1.165, 1.54) is 0 Å². The molecule has 0 radical (unpaired) electrons. The zero-order valence-electron chi connectivity index (χ0n) is 8.24. The molecule has 16 heavy (non-hydrogen) atoms. The smallest absolute Gasteiger partial charge is 0.413 e. The molecule has 0 fully saturated rings. The van der Waals surface area contributed by atoms with Crippen molar-refractivity contribution in [2.75, 3.05) is 5.32 Å². The maximum absolute atomic E-state index is 11.3. The quantitative estimate of drug-likeness (QED) is 0.665. The monoisotopic (exact) mass is 257 g/mol. The van der Waals surface area contributed by atoms with Crippen molar-refractivity contribution in [2.45, 2.75) is 12.0 Å². The zero-order chi connectivity index (χ0) is 12.0. The van der Waals surface area contributed by atoms with Gasteiger partial charge in [0.25, 0.3) is 0 Å². The normalized spacial score (nSPS) is 11.3. The molecule has 1 N–H and O–H groups in total. The second kappa shape index (κ2) is 6.26. The van der Waals surface area contributed by atoms with Crippen LogP contribution in [0.4, 0.5) is 10.5 Å². The third kappa shape index (κ3) is 4.43. The van der Waals surface area contributed by atoms with Crippen molar-refractivity contribution in [1.82, 2.24) is 0 Å². The Kier molecular flexibility index (Phi) is 4.97. The van der Waals surface area contributed by atoms with Crippen LogP contribution in [0.1, 0.15) is 6.42 Å². The van der Waals surface area contributed by atoms with Crippen molar-refractivity contribution >= 4 is 35.0 Å². The molecule has 1 aromatic rings. The highest BCUT2D eigenvalue weighted by Crippen LogP contribution is 2.15. The van der Waals surface area contributed by atoms with Crippen LogP contribution in [0.3, 0.4) is 0 Å². The Bertz CT molecular complexity index is 415. The molecule has 0 aliphatic rings. The first-order chi connectivity index (χ1) is 7.61. The molecule has 1 atom stereocenters. The average Bonchev–Trinajstić information content (AvgIpc) is 2.17. The van der Waals surface area contributed by atoms with E-state index in [9.17, 15) is 4.79 Å². The van der Waals surface area contributed by atoms with Gasteiger partial charge >= 0.3 is 6.09 Å². The van der Waals surface area contributed by atoms with Crippen molar-refractivity contribution in [2.24, 2.45) is 0 Å². The molecule has 0 heterocycles. The summed E-state index contributed by atoms with van der Waals surface area (Å²) in [7, 11) is 0. The van der Waals surface area contributed by atoms with Crippen LogP contribution in [-0.4, -0.2) is 11.7 Å². The molecule has 84 valence electrons. The third-order valence-electron chi connectivity index (χ3n) is 1.58. The minimum atomic E-state index is -0.829. The van der Waals surface area contributed by atoms with E-state index in [4.69, 9.17) is 34.4 Å². The summed E-state index contributed by atoms with van der Waals surface area (Å²) in [5.41, 5.74) is -0.300. The van der Waals surface area contributed by atoms with Crippen LogP contribution >= 0.6 is 23.2 Å². The minimum absolute atomic E-state index is 0.157. The first-order valence-corrected chi connectivity index (χ1v) is 5.24. The Balaban J connectivity index is 2.49. The van der Waals surface area contributed by atoms with Crippen molar-refractivity contribution in [3.63, 3.8) is 0 Å². The second-order valence-electron chi connectivity index (χ2n) is 2.86. The molecular weight excluding hydrogens is 249 g/mol. The summed E-state index contributed by atoms with van der Waals surface area (Å²) in [6, 6.07) is 6.67. The van der Waals surface area contributed by atoms with Gasteiger partial charge in [-0.3, -0.25) is 5.32 Å². The lowest BCUT2D eigenvalue weighted by molar-refractivity contribution is 0.149. The average molecular weight is 258 g/mol. The van der Waals surface area contributed by atoms with Gasteiger partial charge in [-0.05, 0) is 18.2 Å². The van der Waals surface area contributed by atoms with E-state index < -0.39 is 11.7 Å². The maximum atomic E-state index is 11.3. The van der Waals surface area contributed by atoms with Crippen LogP contribution in [-0.2, 0) is 4.74 Å². The number of rotatable bonds is 3. The van der Waals surface area contributed by atoms with E-state index in [1.54, 1.807) is 24.3 Å². The lowest BCUT2D eigenvalue weighted by Crippen LogP contribution is -2.18. The van der Waals surface area contributed by atoms with E-state index in [2.05, 4.69) is 11.2 Å². The Morgan fingerprint density at radius 2 is 2.38 bits per heavy atom. The van der Waals surface area contributed by atoms with E-state index in [1.807, 2.05) is 0 Å². The van der Waals surface area contributed by atoms with Gasteiger partial charge in [0.05, 0.1) is 6.42 Å². The molecule has 1 amide bonds. The van der Waals surface area contributed by atoms with Gasteiger partial charge in [-0.15, -0.1) is 12.3 Å². The summed E-state index contributed by atoms with van der Waals surface area (Å²) < 4.78 is 4.76. The Morgan fingerprint density at radius 1 is 1.62 bits per heavy atom. The summed E-state index contributed by atoms with van der Waals surface area (Å²) in [6.07, 6.45) is 4.50. The van der Waals surface area contributed by atoms with Crippen LogP contribution < -0.4 is 5.32 Å². The van der Waals surface area contributed by atoms with Gasteiger partial charge in [0, 0.05) is 10.7 Å². The van der Waals surface area contributed by atoms with Gasteiger partial charge in [0.15, 0.2) is 5.56 Å². The first kappa shape index (κ1) is 12.7. The van der Waals surface area contributed by atoms with Gasteiger partial charge in [-0.25, -0.2) is 4.79 Å². The Morgan fingerprint density at radius 3 is 3.00 bits per heavy atom. The highest BCUT2D eigenvalue weighted by atomic mass is 35.5. The number of benzene rings is 1. The molecule has 3 nitrogen and oxygen atoms in total. The standard InChI is InChI=1S/C11H9Cl2NO2/c1-2-4-10(13)16-11(15)14-9-6-3-5-8(12)7-9/h1,3,5-7,10H,4H2,(H,14,15). The van der Waals surface area contributed by atoms with Gasteiger partial charge in [-0.2, -0.15) is 0 Å². The number of carbonyl (C=O) groups excluding carboxylic acids is 1. The first-order valence-electron chi connectivity index (χ1n) is 4.42. The molecule has 0 bridgehead atoms. The predicted molar refractivity (Wildman–Crippen MR) is 64.6 cm³/mol. The molecule has 0 saturated heterocycles. The molecule has 1 rings (SSSR count). The summed E-state index contributed by atoms with van der Waals surface area (Å²) in [5, 5.41) is 2.99. The molecule has 0 aliphatic heterocycles. The van der Waals surface area contributed by atoms with E-state index in [0.29, 0.717) is 10.7 Å². The van der Waals surface area contributed by atoms with E-state index in [0.717, 1.165) is 0 Å². The van der Waals surface area contributed by atoms with Crippen LogP contribution in [0.15, 0.2) is 24.3 Å². The number of terminal acetylenes is 1. The zero-order valence-corrected chi connectivity index (χ0v) is 9.76. The lowest BCUT2D eigenvalue weighted by atomic mass is 10.3. The van der Waals surface area contributed by atoms with E-state index in [-0.39, 0.29) is 6.42 Å². The highest BCUT2D eigenvalue weighted by molar-refractivity contribution is 6.30. The fourth-order valence-electron chi connectivity index (χ4n) is 0.964. The number of carbonyl (C=O) groups is 1. The molecule has 5 heteroatoms. The fourth-order valence-corrected chi connectivity index (χ4v) is 1.32. The van der Waals surface area contributed by atoms with Crippen LogP contribution in [0.25, 0.3) is 0 Å². The third-order valence-corrected chi connectivity index (χ3v) is 2.06. The molecule has 0 aromatic heterocycles. The number of amides is 1. The summed E-state index contributed by atoms with van der Waals surface area (Å²) in [4.78, 5) is 11.3. The van der Waals surface area contributed by atoms with Crippen LogP contribution in [0, 0.1) is 12.3 Å². The number of anilines is 1. The van der Waals surface area contributed by atoms with Gasteiger partial charge in [0.2, 0.25) is 0 Å². The fraction of sp³-hybridized carbons (Fsp3) is 0.182. The number of hydrogen-bond acceptors (Lipinski definition) is 2. The van der Waals surface area contributed by atoms with Crippen LogP contribution in [0.5, 0.6) is 0 Å². The predicted octanol–water partition coefficient (Wildman–Crippen LogP) is 3.48. The molecule has 1 aromatic carbocycles. The van der Waals surface area contributed by atoms with Gasteiger partial charge in [0.1, 0.15) is 0 Å². The largest absolute Gasteiger partial charge is 0.429 e. The molecular formula is C11H9Cl2NO2. The number of ether oxygens (including phenoxy) is 1. The minimum Gasteiger partial charge on any atom is -0.429 e. The SMILES string of the molecule is C#CCC(Cl)OC(=O)Nc1cccc(Cl)c1. The Hall–Kier alpha value is -1.37.